The standard InChI is InChI=1S/C27H24N2O5S/c30-24(28-10-8-23-19(16-28)9-11-35-23)13-27(20-4-2-1-3-5-20)14-25(31)29(26(27)32)15-18-6-7-21-22(12-18)34-17-33-21/h1-7,9,11-12H,8,10,13-17H2. The average molecular weight is 489 g/mol. The van der Waals surface area contributed by atoms with Crippen LogP contribution in [0.2, 0.25) is 0 Å². The number of likely N-dealkylation sites (tertiary alicyclic amines) is 1. The summed E-state index contributed by atoms with van der Waals surface area (Å²) in [5, 5.41) is 2.05. The maximum absolute atomic E-state index is 13.9. The van der Waals surface area contributed by atoms with Crippen molar-refractivity contribution in [3.63, 3.8) is 0 Å². The fourth-order valence-corrected chi connectivity index (χ4v) is 6.13. The number of imide groups is 1. The van der Waals surface area contributed by atoms with Crippen molar-refractivity contribution >= 4 is 29.1 Å². The third-order valence-electron chi connectivity index (χ3n) is 7.13. The first kappa shape index (κ1) is 21.9. The Balaban J connectivity index is 1.29. The molecule has 178 valence electrons. The van der Waals surface area contributed by atoms with Gasteiger partial charge in [0, 0.05) is 30.8 Å². The van der Waals surface area contributed by atoms with Gasteiger partial charge in [-0.05, 0) is 46.7 Å². The Morgan fingerprint density at radius 2 is 1.86 bits per heavy atom. The van der Waals surface area contributed by atoms with Gasteiger partial charge in [0.25, 0.3) is 0 Å². The summed E-state index contributed by atoms with van der Waals surface area (Å²) >= 11 is 1.72. The van der Waals surface area contributed by atoms with Gasteiger partial charge in [-0.25, -0.2) is 0 Å². The molecule has 1 unspecified atom stereocenters. The maximum Gasteiger partial charge on any atom is 0.241 e. The minimum atomic E-state index is -1.21. The number of thiophene rings is 1. The van der Waals surface area contributed by atoms with E-state index in [1.165, 1.54) is 15.3 Å². The van der Waals surface area contributed by atoms with E-state index < -0.39 is 5.41 Å². The highest BCUT2D eigenvalue weighted by molar-refractivity contribution is 7.10. The van der Waals surface area contributed by atoms with Crippen LogP contribution >= 0.6 is 11.3 Å². The Labute approximate surface area is 206 Å². The third-order valence-corrected chi connectivity index (χ3v) is 8.15. The highest BCUT2D eigenvalue weighted by Gasteiger charge is 2.54. The van der Waals surface area contributed by atoms with Crippen LogP contribution in [0.15, 0.2) is 60.0 Å². The molecule has 3 aliphatic heterocycles. The fourth-order valence-electron chi connectivity index (χ4n) is 5.24. The number of benzene rings is 2. The monoisotopic (exact) mass is 488 g/mol. The second-order valence-electron chi connectivity index (χ2n) is 9.21. The molecule has 0 spiro atoms. The summed E-state index contributed by atoms with van der Waals surface area (Å²) in [5.41, 5.74) is 1.43. The van der Waals surface area contributed by atoms with E-state index in [0.717, 1.165) is 12.0 Å². The van der Waals surface area contributed by atoms with E-state index in [9.17, 15) is 14.4 Å². The van der Waals surface area contributed by atoms with Crippen LogP contribution in [0.3, 0.4) is 0 Å². The summed E-state index contributed by atoms with van der Waals surface area (Å²) in [6.07, 6.45) is 0.766. The number of hydrogen-bond acceptors (Lipinski definition) is 6. The summed E-state index contributed by atoms with van der Waals surface area (Å²) in [5.74, 6) is 0.546. The molecule has 1 aromatic heterocycles. The number of hydrogen-bond donors (Lipinski definition) is 0. The van der Waals surface area contributed by atoms with Gasteiger partial charge >= 0.3 is 0 Å². The van der Waals surface area contributed by atoms with Crippen LogP contribution in [0, 0.1) is 0 Å². The lowest BCUT2D eigenvalue weighted by molar-refractivity contribution is -0.143. The van der Waals surface area contributed by atoms with E-state index in [1.807, 2.05) is 41.3 Å². The van der Waals surface area contributed by atoms with Crippen molar-refractivity contribution in [1.82, 2.24) is 9.80 Å². The van der Waals surface area contributed by atoms with Crippen LogP contribution in [-0.4, -0.2) is 40.9 Å². The predicted molar refractivity (Wildman–Crippen MR) is 129 cm³/mol. The van der Waals surface area contributed by atoms with Crippen LogP contribution in [-0.2, 0) is 39.3 Å². The van der Waals surface area contributed by atoms with Crippen molar-refractivity contribution in [3.8, 4) is 11.5 Å². The number of fused-ring (bicyclic) bond motifs is 2. The fraction of sp³-hybridized carbons (Fsp3) is 0.296. The molecule has 7 nitrogen and oxygen atoms in total. The minimum absolute atomic E-state index is 0.0241. The molecule has 6 rings (SSSR count). The average Bonchev–Trinajstić information content (AvgIpc) is 3.59. The molecular weight excluding hydrogens is 464 g/mol. The number of ether oxygens (including phenoxy) is 2. The highest BCUT2D eigenvalue weighted by atomic mass is 32.1. The molecular formula is C27H24N2O5S. The van der Waals surface area contributed by atoms with Crippen LogP contribution in [0.1, 0.15) is 34.4 Å². The lowest BCUT2D eigenvalue weighted by Crippen LogP contribution is -2.44. The Bertz CT molecular complexity index is 1320. The molecule has 3 aromatic rings. The zero-order chi connectivity index (χ0) is 24.0. The SMILES string of the molecule is O=C(CC1(c2ccccc2)CC(=O)N(Cc2ccc3c(c2)OCO3)C1=O)N1CCc2sccc2C1. The van der Waals surface area contributed by atoms with Crippen LogP contribution in [0.5, 0.6) is 11.5 Å². The van der Waals surface area contributed by atoms with E-state index in [2.05, 4.69) is 11.4 Å². The summed E-state index contributed by atoms with van der Waals surface area (Å²) in [7, 11) is 0. The molecule has 1 atom stereocenters. The van der Waals surface area contributed by atoms with Gasteiger partial charge in [0.2, 0.25) is 24.5 Å². The Morgan fingerprint density at radius 1 is 1.03 bits per heavy atom. The second-order valence-corrected chi connectivity index (χ2v) is 10.2. The molecule has 1 fully saturated rings. The minimum Gasteiger partial charge on any atom is -0.454 e. The van der Waals surface area contributed by atoms with Gasteiger partial charge in [-0.1, -0.05) is 36.4 Å². The quantitative estimate of drug-likeness (QED) is 0.513. The molecule has 0 bridgehead atoms. The molecule has 1 saturated heterocycles. The number of nitrogens with zero attached hydrogens (tertiary/aromatic N) is 2. The molecule has 3 aliphatic rings. The molecule has 0 aliphatic carbocycles. The normalized spacial score (nSPS) is 20.9. The van der Waals surface area contributed by atoms with Crippen molar-refractivity contribution in [2.24, 2.45) is 0 Å². The van der Waals surface area contributed by atoms with Gasteiger partial charge in [-0.3, -0.25) is 19.3 Å². The first-order chi connectivity index (χ1) is 17.0. The Hall–Kier alpha value is -3.65. The van der Waals surface area contributed by atoms with E-state index in [-0.39, 0.29) is 43.9 Å². The largest absolute Gasteiger partial charge is 0.454 e. The second kappa shape index (κ2) is 8.53. The summed E-state index contributed by atoms with van der Waals surface area (Å²) < 4.78 is 10.8. The molecule has 4 heterocycles. The van der Waals surface area contributed by atoms with Gasteiger partial charge in [0.1, 0.15) is 0 Å². The lowest BCUT2D eigenvalue weighted by atomic mass is 9.75. The smallest absolute Gasteiger partial charge is 0.241 e. The van der Waals surface area contributed by atoms with Gasteiger partial charge in [-0.2, -0.15) is 0 Å². The highest BCUT2D eigenvalue weighted by Crippen LogP contribution is 2.42. The Morgan fingerprint density at radius 3 is 2.71 bits per heavy atom. The zero-order valence-electron chi connectivity index (χ0n) is 19.1. The van der Waals surface area contributed by atoms with Crippen LogP contribution < -0.4 is 9.47 Å². The summed E-state index contributed by atoms with van der Waals surface area (Å²) in [6, 6.07) is 16.7. The first-order valence-electron chi connectivity index (χ1n) is 11.7. The molecule has 35 heavy (non-hydrogen) atoms. The van der Waals surface area contributed by atoms with Crippen molar-refractivity contribution in [1.29, 1.82) is 0 Å². The molecule has 3 amide bonds. The molecule has 0 saturated carbocycles. The summed E-state index contributed by atoms with van der Waals surface area (Å²) in [4.78, 5) is 45.1. The van der Waals surface area contributed by atoms with E-state index in [0.29, 0.717) is 30.2 Å². The number of rotatable bonds is 5. The topological polar surface area (TPSA) is 76.1 Å². The van der Waals surface area contributed by atoms with Crippen LogP contribution in [0.4, 0.5) is 0 Å². The number of amides is 3. The third kappa shape index (κ3) is 3.78. The van der Waals surface area contributed by atoms with Crippen molar-refractivity contribution < 1.29 is 23.9 Å². The predicted octanol–water partition coefficient (Wildman–Crippen LogP) is 3.65. The number of carbonyl (C=O) groups excluding carboxylic acids is 3. The summed E-state index contributed by atoms with van der Waals surface area (Å²) in [6.45, 7) is 1.45. The van der Waals surface area contributed by atoms with E-state index >= 15 is 0 Å². The van der Waals surface area contributed by atoms with Crippen molar-refractivity contribution in [3.05, 3.63) is 81.5 Å². The zero-order valence-corrected chi connectivity index (χ0v) is 19.9. The Kier molecular flexibility index (Phi) is 5.33. The molecule has 0 N–H and O–H groups in total. The molecule has 8 heteroatoms. The van der Waals surface area contributed by atoms with Crippen LogP contribution in [0.25, 0.3) is 0 Å². The van der Waals surface area contributed by atoms with Gasteiger partial charge in [-0.15, -0.1) is 11.3 Å². The molecule has 0 radical (unpaired) electrons. The van der Waals surface area contributed by atoms with E-state index in [4.69, 9.17) is 9.47 Å². The van der Waals surface area contributed by atoms with Crippen molar-refractivity contribution in [2.75, 3.05) is 13.3 Å². The van der Waals surface area contributed by atoms with Gasteiger partial charge in [0.15, 0.2) is 11.5 Å². The van der Waals surface area contributed by atoms with Gasteiger partial charge in [0.05, 0.1) is 12.0 Å². The lowest BCUT2D eigenvalue weighted by Gasteiger charge is -2.32. The number of carbonyl (C=O) groups is 3. The first-order valence-corrected chi connectivity index (χ1v) is 12.5. The van der Waals surface area contributed by atoms with E-state index in [1.54, 1.807) is 23.5 Å². The maximum atomic E-state index is 13.9. The van der Waals surface area contributed by atoms with Crippen molar-refractivity contribution in [2.45, 2.75) is 37.8 Å². The van der Waals surface area contributed by atoms with Gasteiger partial charge < -0.3 is 14.4 Å². The molecule has 2 aromatic carbocycles.